The van der Waals surface area contributed by atoms with Crippen LogP contribution in [-0.4, -0.2) is 28.8 Å². The summed E-state index contributed by atoms with van der Waals surface area (Å²) in [6.07, 6.45) is 1.84. The van der Waals surface area contributed by atoms with Crippen molar-refractivity contribution < 1.29 is 9.21 Å². The van der Waals surface area contributed by atoms with Crippen LogP contribution in [0.15, 0.2) is 39.9 Å². The molecule has 0 amide bonds. The number of halogens is 1. The van der Waals surface area contributed by atoms with Crippen molar-refractivity contribution in [3.8, 4) is 0 Å². The van der Waals surface area contributed by atoms with Crippen LogP contribution in [0.4, 0.5) is 0 Å². The first kappa shape index (κ1) is 16.8. The van der Waals surface area contributed by atoms with E-state index in [9.17, 15) is 4.79 Å². The van der Waals surface area contributed by atoms with Crippen LogP contribution in [-0.2, 0) is 13.1 Å². The highest BCUT2D eigenvalue weighted by molar-refractivity contribution is 9.10. The van der Waals surface area contributed by atoms with Gasteiger partial charge in [0.05, 0.1) is 13.1 Å². The molecule has 0 aliphatic heterocycles. The molecule has 0 aromatic carbocycles. The van der Waals surface area contributed by atoms with Crippen molar-refractivity contribution in [3.05, 3.63) is 58.2 Å². The number of Topliss-reactive ketones (excluding diaryl/α,β-unsaturated/α-hetero) is 1. The quantitative estimate of drug-likeness (QED) is 0.551. The van der Waals surface area contributed by atoms with Crippen molar-refractivity contribution in [2.75, 3.05) is 13.6 Å². The van der Waals surface area contributed by atoms with Crippen LogP contribution in [0.1, 0.15) is 27.5 Å². The normalized spacial score (nSPS) is 11.1. The van der Waals surface area contributed by atoms with E-state index in [4.69, 9.17) is 4.42 Å². The van der Waals surface area contributed by atoms with Gasteiger partial charge in [0.1, 0.15) is 5.76 Å². The predicted octanol–water partition coefficient (Wildman–Crippen LogP) is 3.96. The largest absolute Gasteiger partial charge is 0.453 e. The molecule has 0 aliphatic carbocycles. The molecule has 2 aromatic heterocycles. The molecule has 0 spiro atoms. The van der Waals surface area contributed by atoms with E-state index in [0.717, 1.165) is 29.3 Å². The third-order valence-corrected chi connectivity index (χ3v) is 4.08. The van der Waals surface area contributed by atoms with Gasteiger partial charge in [0.25, 0.3) is 0 Å². The summed E-state index contributed by atoms with van der Waals surface area (Å²) in [7, 11) is 1.91. The summed E-state index contributed by atoms with van der Waals surface area (Å²) in [6.45, 7) is 9.43. The van der Waals surface area contributed by atoms with Crippen molar-refractivity contribution in [2.45, 2.75) is 26.9 Å². The number of ketones is 1. The van der Waals surface area contributed by atoms with E-state index in [2.05, 4.69) is 27.1 Å². The molecule has 0 N–H and O–H groups in total. The number of hydrogen-bond acceptors (Lipinski definition) is 3. The van der Waals surface area contributed by atoms with Crippen LogP contribution >= 0.6 is 15.9 Å². The van der Waals surface area contributed by atoms with Crippen LogP contribution in [0.25, 0.3) is 0 Å². The molecule has 0 saturated carbocycles. The van der Waals surface area contributed by atoms with Crippen LogP contribution in [0.5, 0.6) is 0 Å². The molecule has 2 rings (SSSR count). The molecule has 0 fully saturated rings. The Bertz CT molecular complexity index is 685. The van der Waals surface area contributed by atoms with Gasteiger partial charge in [0.2, 0.25) is 0 Å². The lowest BCUT2D eigenvalue weighted by Gasteiger charge is -2.14. The highest BCUT2D eigenvalue weighted by atomic mass is 79.9. The van der Waals surface area contributed by atoms with Crippen molar-refractivity contribution >= 4 is 21.7 Å². The number of hydrogen-bond donors (Lipinski definition) is 0. The van der Waals surface area contributed by atoms with E-state index >= 15 is 0 Å². The lowest BCUT2D eigenvalue weighted by molar-refractivity contribution is 0.0939. The molecule has 0 bridgehead atoms. The molecule has 118 valence electrons. The average Bonchev–Trinajstić information content (AvgIpc) is 2.97. The highest BCUT2D eigenvalue weighted by Gasteiger charge is 2.17. The van der Waals surface area contributed by atoms with Gasteiger partial charge in [-0.1, -0.05) is 6.08 Å². The second-order valence-corrected chi connectivity index (χ2v) is 6.27. The molecule has 2 heterocycles. The van der Waals surface area contributed by atoms with Crippen molar-refractivity contribution in [1.82, 2.24) is 9.47 Å². The third-order valence-electron chi connectivity index (χ3n) is 3.65. The van der Waals surface area contributed by atoms with E-state index < -0.39 is 0 Å². The third kappa shape index (κ3) is 3.78. The smallest absolute Gasteiger partial charge is 0.178 e. The Hall–Kier alpha value is -1.59. The van der Waals surface area contributed by atoms with Gasteiger partial charge in [-0.3, -0.25) is 9.69 Å². The first-order chi connectivity index (χ1) is 10.4. The first-order valence-corrected chi connectivity index (χ1v) is 7.95. The summed E-state index contributed by atoms with van der Waals surface area (Å²) in [5.74, 6) is 0.954. The Balaban J connectivity index is 2.05. The number of carbonyl (C=O) groups excluding carboxylic acids is 1. The Morgan fingerprint density at radius 2 is 2.18 bits per heavy atom. The van der Waals surface area contributed by atoms with Crippen molar-refractivity contribution in [3.63, 3.8) is 0 Å². The maximum Gasteiger partial charge on any atom is 0.178 e. The monoisotopic (exact) mass is 364 g/mol. The minimum Gasteiger partial charge on any atom is -0.453 e. The highest BCUT2D eigenvalue weighted by Crippen LogP contribution is 2.18. The maximum absolute atomic E-state index is 12.5. The number of furan rings is 1. The van der Waals surface area contributed by atoms with Crippen molar-refractivity contribution in [2.24, 2.45) is 0 Å². The number of aromatic nitrogens is 1. The number of aryl methyl sites for hydroxylation is 1. The van der Waals surface area contributed by atoms with Gasteiger partial charge in [0, 0.05) is 23.5 Å². The number of likely N-dealkylation sites (N-methyl/N-ethyl adjacent to an activating group) is 1. The SMILES string of the molecule is C=CCn1c(C)cc(C(=O)CN(C)Cc2ccc(Br)o2)c1C. The van der Waals surface area contributed by atoms with E-state index in [1.54, 1.807) is 0 Å². The summed E-state index contributed by atoms with van der Waals surface area (Å²) < 4.78 is 8.27. The fourth-order valence-corrected chi connectivity index (χ4v) is 2.92. The van der Waals surface area contributed by atoms with Crippen LogP contribution in [0.2, 0.25) is 0 Å². The Morgan fingerprint density at radius 3 is 2.77 bits per heavy atom. The lowest BCUT2D eigenvalue weighted by atomic mass is 10.1. The van der Waals surface area contributed by atoms with Gasteiger partial charge in [-0.2, -0.15) is 0 Å². The molecule has 0 atom stereocenters. The molecule has 0 radical (unpaired) electrons. The van der Waals surface area contributed by atoms with E-state index in [1.165, 1.54) is 0 Å². The lowest BCUT2D eigenvalue weighted by Crippen LogP contribution is -2.25. The average molecular weight is 365 g/mol. The molecular weight excluding hydrogens is 344 g/mol. The zero-order valence-corrected chi connectivity index (χ0v) is 14.8. The zero-order chi connectivity index (χ0) is 16.3. The fraction of sp³-hybridized carbons (Fsp3) is 0.353. The number of carbonyl (C=O) groups is 1. The second-order valence-electron chi connectivity index (χ2n) is 5.49. The minimum atomic E-state index is 0.122. The fourth-order valence-electron chi connectivity index (χ4n) is 2.58. The van der Waals surface area contributed by atoms with Crippen LogP contribution in [0.3, 0.4) is 0 Å². The predicted molar refractivity (Wildman–Crippen MR) is 91.2 cm³/mol. The summed E-state index contributed by atoms with van der Waals surface area (Å²) in [6, 6.07) is 5.72. The topological polar surface area (TPSA) is 38.4 Å². The Labute approximate surface area is 139 Å². The van der Waals surface area contributed by atoms with Crippen molar-refractivity contribution in [1.29, 1.82) is 0 Å². The van der Waals surface area contributed by atoms with Gasteiger partial charge in [-0.15, -0.1) is 6.58 Å². The number of allylic oxidation sites excluding steroid dienone is 1. The molecular formula is C17H21BrN2O2. The number of nitrogens with zero attached hydrogens (tertiary/aromatic N) is 2. The summed E-state index contributed by atoms with van der Waals surface area (Å²) >= 11 is 3.28. The molecule has 0 unspecified atom stereocenters. The van der Waals surface area contributed by atoms with Gasteiger partial charge in [-0.05, 0) is 55.0 Å². The van der Waals surface area contributed by atoms with Gasteiger partial charge >= 0.3 is 0 Å². The Kier molecular flexibility index (Phi) is 5.42. The molecule has 2 aromatic rings. The van der Waals surface area contributed by atoms with E-state index in [-0.39, 0.29) is 5.78 Å². The maximum atomic E-state index is 12.5. The molecule has 0 saturated heterocycles. The summed E-state index contributed by atoms with van der Waals surface area (Å²) in [4.78, 5) is 14.5. The minimum absolute atomic E-state index is 0.122. The molecule has 5 heteroatoms. The molecule has 4 nitrogen and oxygen atoms in total. The van der Waals surface area contributed by atoms with Gasteiger partial charge in [-0.25, -0.2) is 0 Å². The zero-order valence-electron chi connectivity index (χ0n) is 13.2. The second kappa shape index (κ2) is 7.11. The molecule has 22 heavy (non-hydrogen) atoms. The van der Waals surface area contributed by atoms with Gasteiger partial charge in [0.15, 0.2) is 10.5 Å². The number of rotatable bonds is 7. The van der Waals surface area contributed by atoms with E-state index in [1.807, 2.05) is 50.1 Å². The summed E-state index contributed by atoms with van der Waals surface area (Å²) in [5, 5.41) is 0. The van der Waals surface area contributed by atoms with E-state index in [0.29, 0.717) is 17.8 Å². The molecule has 0 aliphatic rings. The first-order valence-electron chi connectivity index (χ1n) is 7.16. The van der Waals surface area contributed by atoms with Crippen LogP contribution < -0.4 is 0 Å². The van der Waals surface area contributed by atoms with Gasteiger partial charge < -0.3 is 8.98 Å². The Morgan fingerprint density at radius 1 is 1.45 bits per heavy atom. The van der Waals surface area contributed by atoms with Crippen LogP contribution in [0, 0.1) is 13.8 Å². The standard InChI is InChI=1S/C17H21BrN2O2/c1-5-8-20-12(2)9-15(13(20)3)16(21)11-19(4)10-14-6-7-17(18)22-14/h5-7,9H,1,8,10-11H2,2-4H3. The summed E-state index contributed by atoms with van der Waals surface area (Å²) in [5.41, 5.74) is 2.86.